The first-order valence-corrected chi connectivity index (χ1v) is 8.05. The van der Waals surface area contributed by atoms with Gasteiger partial charge >= 0.3 is 0 Å². The molecule has 25 heavy (non-hydrogen) atoms. The van der Waals surface area contributed by atoms with Gasteiger partial charge in [-0.05, 0) is 42.2 Å². The summed E-state index contributed by atoms with van der Waals surface area (Å²) < 4.78 is 4.21. The van der Waals surface area contributed by atoms with Crippen molar-refractivity contribution in [3.05, 3.63) is 52.1 Å². The van der Waals surface area contributed by atoms with E-state index in [-0.39, 0.29) is 11.6 Å². The first-order valence-electron chi connectivity index (χ1n) is 7.28. The van der Waals surface area contributed by atoms with Gasteiger partial charge < -0.3 is 5.32 Å². The molecule has 126 valence electrons. The molecule has 1 aromatic heterocycles. The highest BCUT2D eigenvalue weighted by Crippen LogP contribution is 2.35. The number of nitro benzene ring substituents is 1. The van der Waals surface area contributed by atoms with E-state index < -0.39 is 4.92 Å². The summed E-state index contributed by atoms with van der Waals surface area (Å²) in [5.74, 6) is -0.207. The fourth-order valence-corrected chi connectivity index (χ4v) is 2.91. The van der Waals surface area contributed by atoms with E-state index in [9.17, 15) is 14.9 Å². The zero-order chi connectivity index (χ0) is 18.0. The second kappa shape index (κ2) is 6.73. The number of carbonyl (C=O) groups excluding carboxylic acids is 1. The van der Waals surface area contributed by atoms with E-state index in [1.165, 1.54) is 19.1 Å². The van der Waals surface area contributed by atoms with Gasteiger partial charge in [-0.2, -0.15) is 4.37 Å². The number of anilines is 1. The van der Waals surface area contributed by atoms with E-state index >= 15 is 0 Å². The predicted octanol–water partition coefficient (Wildman–Crippen LogP) is 4.89. The molecule has 8 nitrogen and oxygen atoms in total. The minimum Gasteiger partial charge on any atom is -0.324 e. The van der Waals surface area contributed by atoms with Crippen LogP contribution in [0.3, 0.4) is 0 Å². The average molecular weight is 355 g/mol. The van der Waals surface area contributed by atoms with Crippen molar-refractivity contribution in [2.75, 3.05) is 5.32 Å². The number of aryl methyl sites for hydroxylation is 1. The molecule has 0 atom stereocenters. The minimum absolute atomic E-state index is 0.0292. The van der Waals surface area contributed by atoms with E-state index in [0.29, 0.717) is 27.3 Å². The van der Waals surface area contributed by atoms with Crippen molar-refractivity contribution in [3.8, 4) is 0 Å². The van der Waals surface area contributed by atoms with Crippen molar-refractivity contribution in [1.29, 1.82) is 0 Å². The highest BCUT2D eigenvalue weighted by molar-refractivity contribution is 7.11. The van der Waals surface area contributed by atoms with Gasteiger partial charge in [-0.3, -0.25) is 14.9 Å². The number of azo groups is 1. The van der Waals surface area contributed by atoms with Crippen LogP contribution in [0.4, 0.5) is 22.1 Å². The van der Waals surface area contributed by atoms with E-state index in [0.717, 1.165) is 17.1 Å². The largest absolute Gasteiger partial charge is 0.324 e. The molecule has 0 aliphatic rings. The van der Waals surface area contributed by atoms with Crippen LogP contribution in [-0.4, -0.2) is 15.2 Å². The van der Waals surface area contributed by atoms with Crippen molar-refractivity contribution in [2.24, 2.45) is 10.2 Å². The van der Waals surface area contributed by atoms with Crippen LogP contribution >= 0.6 is 11.5 Å². The number of hydrogen-bond acceptors (Lipinski definition) is 7. The zero-order valence-electron chi connectivity index (χ0n) is 13.4. The van der Waals surface area contributed by atoms with Gasteiger partial charge in [0.1, 0.15) is 5.69 Å². The third-order valence-electron chi connectivity index (χ3n) is 3.36. The Labute approximate surface area is 146 Å². The Balaban J connectivity index is 2.00. The van der Waals surface area contributed by atoms with Crippen molar-refractivity contribution in [3.63, 3.8) is 0 Å². The average Bonchev–Trinajstić information content (AvgIpc) is 2.96. The van der Waals surface area contributed by atoms with Crippen molar-refractivity contribution < 1.29 is 9.72 Å². The Bertz CT molecular complexity index is 1010. The third kappa shape index (κ3) is 3.66. The predicted molar refractivity (Wildman–Crippen MR) is 95.9 cm³/mol. The van der Waals surface area contributed by atoms with E-state index in [1.54, 1.807) is 18.2 Å². The second-order valence-electron chi connectivity index (χ2n) is 5.35. The lowest BCUT2D eigenvalue weighted by Crippen LogP contribution is -2.05. The number of nitro groups is 1. The van der Waals surface area contributed by atoms with Crippen LogP contribution in [0, 0.1) is 17.0 Å². The fourth-order valence-electron chi connectivity index (χ4n) is 2.23. The van der Waals surface area contributed by atoms with Crippen molar-refractivity contribution in [2.45, 2.75) is 13.8 Å². The second-order valence-corrected chi connectivity index (χ2v) is 6.10. The zero-order valence-corrected chi connectivity index (χ0v) is 14.2. The number of aromatic nitrogens is 1. The summed E-state index contributed by atoms with van der Waals surface area (Å²) in [6, 6.07) is 9.81. The number of amides is 1. The monoisotopic (exact) mass is 355 g/mol. The summed E-state index contributed by atoms with van der Waals surface area (Å²) in [7, 11) is 0. The van der Waals surface area contributed by atoms with Gasteiger partial charge in [-0.25, -0.2) is 0 Å². The third-order valence-corrected chi connectivity index (χ3v) is 4.13. The van der Waals surface area contributed by atoms with Gasteiger partial charge in [0, 0.05) is 24.4 Å². The maximum Gasteiger partial charge on any atom is 0.270 e. The summed E-state index contributed by atoms with van der Waals surface area (Å²) in [6.45, 7) is 3.32. The van der Waals surface area contributed by atoms with Crippen LogP contribution in [0.15, 0.2) is 46.6 Å². The SMILES string of the molecule is CC(=O)Nc1cc(C)ccc1N=Nc1snc2ccc([N+](=O)[O-])cc12. The summed E-state index contributed by atoms with van der Waals surface area (Å²) >= 11 is 1.11. The maximum atomic E-state index is 11.3. The molecule has 1 N–H and O–H groups in total. The summed E-state index contributed by atoms with van der Waals surface area (Å²) in [6.07, 6.45) is 0. The molecule has 0 spiro atoms. The first kappa shape index (κ1) is 16.7. The Morgan fingerprint density at radius 1 is 1.24 bits per heavy atom. The Morgan fingerprint density at radius 3 is 2.76 bits per heavy atom. The Kier molecular flexibility index (Phi) is 4.48. The topological polar surface area (TPSA) is 110 Å². The van der Waals surface area contributed by atoms with Crippen molar-refractivity contribution in [1.82, 2.24) is 4.37 Å². The molecule has 2 aromatic carbocycles. The molecule has 1 heterocycles. The summed E-state index contributed by atoms with van der Waals surface area (Å²) in [4.78, 5) is 21.8. The molecule has 0 saturated carbocycles. The molecular weight excluding hydrogens is 342 g/mol. The summed E-state index contributed by atoms with van der Waals surface area (Å²) in [5.41, 5.74) is 2.61. The fraction of sp³-hybridized carbons (Fsp3) is 0.125. The number of rotatable bonds is 4. The van der Waals surface area contributed by atoms with E-state index in [1.807, 2.05) is 13.0 Å². The molecule has 3 aromatic rings. The Morgan fingerprint density at radius 2 is 2.04 bits per heavy atom. The highest BCUT2D eigenvalue weighted by Gasteiger charge is 2.12. The highest BCUT2D eigenvalue weighted by atomic mass is 32.1. The standard InChI is InChI=1S/C16H13N5O3S/c1-9-3-5-14(15(7-9)17-10(2)22)18-19-16-12-8-11(21(23)24)4-6-13(12)20-25-16/h3-8H,1-2H3,(H,17,22). The van der Waals surface area contributed by atoms with Crippen LogP contribution in [0.5, 0.6) is 0 Å². The summed E-state index contributed by atoms with van der Waals surface area (Å²) in [5, 5.41) is 23.0. The molecule has 0 saturated heterocycles. The molecule has 0 fully saturated rings. The van der Waals surface area contributed by atoms with Crippen LogP contribution in [0.1, 0.15) is 12.5 Å². The van der Waals surface area contributed by atoms with Crippen LogP contribution < -0.4 is 5.32 Å². The van der Waals surface area contributed by atoms with Gasteiger partial charge in [-0.15, -0.1) is 10.2 Å². The normalized spacial score (nSPS) is 11.1. The van der Waals surface area contributed by atoms with Crippen LogP contribution in [-0.2, 0) is 4.79 Å². The van der Waals surface area contributed by atoms with E-state index in [4.69, 9.17) is 0 Å². The van der Waals surface area contributed by atoms with Gasteiger partial charge in [0.15, 0.2) is 5.00 Å². The molecule has 0 aliphatic heterocycles. The lowest BCUT2D eigenvalue weighted by Gasteiger charge is -2.06. The molecule has 0 aliphatic carbocycles. The minimum atomic E-state index is -0.465. The van der Waals surface area contributed by atoms with Gasteiger partial charge in [0.25, 0.3) is 5.69 Å². The number of benzene rings is 2. The molecule has 0 unspecified atom stereocenters. The van der Waals surface area contributed by atoms with Gasteiger partial charge in [0.2, 0.25) is 5.91 Å². The molecule has 3 rings (SSSR count). The van der Waals surface area contributed by atoms with Gasteiger partial charge in [-0.1, -0.05) is 6.07 Å². The molecule has 9 heteroatoms. The molecular formula is C16H13N5O3S. The number of nitrogens with one attached hydrogen (secondary N) is 1. The quantitative estimate of drug-likeness (QED) is 0.408. The molecule has 0 radical (unpaired) electrons. The lowest BCUT2D eigenvalue weighted by molar-refractivity contribution is -0.384. The first-order chi connectivity index (χ1) is 11.9. The number of non-ortho nitro benzene ring substituents is 1. The van der Waals surface area contributed by atoms with Crippen molar-refractivity contribution >= 4 is 50.4 Å². The maximum absolute atomic E-state index is 11.3. The van der Waals surface area contributed by atoms with Crippen LogP contribution in [0.2, 0.25) is 0 Å². The van der Waals surface area contributed by atoms with Gasteiger partial charge in [0.05, 0.1) is 16.1 Å². The number of fused-ring (bicyclic) bond motifs is 1. The molecule has 1 amide bonds. The number of hydrogen-bond donors (Lipinski definition) is 1. The smallest absolute Gasteiger partial charge is 0.270 e. The number of nitrogens with zero attached hydrogens (tertiary/aromatic N) is 4. The molecule has 0 bridgehead atoms. The Hall–Kier alpha value is -3.20. The van der Waals surface area contributed by atoms with E-state index in [2.05, 4.69) is 19.9 Å². The van der Waals surface area contributed by atoms with Crippen LogP contribution in [0.25, 0.3) is 10.9 Å². The lowest BCUT2D eigenvalue weighted by atomic mass is 10.2. The number of carbonyl (C=O) groups is 1.